The van der Waals surface area contributed by atoms with Gasteiger partial charge in [-0.05, 0) is 25.0 Å². The molecule has 0 atom stereocenters. The van der Waals surface area contributed by atoms with Gasteiger partial charge in [-0.1, -0.05) is 23.7 Å². The van der Waals surface area contributed by atoms with Crippen LogP contribution >= 0.6 is 11.6 Å². The van der Waals surface area contributed by atoms with Crippen LogP contribution in [-0.2, 0) is 4.79 Å². The number of carbonyl (C=O) groups is 1. The van der Waals surface area contributed by atoms with E-state index in [1.165, 1.54) is 0 Å². The van der Waals surface area contributed by atoms with Gasteiger partial charge in [0.25, 0.3) is 0 Å². The maximum Gasteiger partial charge on any atom is 0.230 e. The first-order valence-electron chi connectivity index (χ1n) is 4.85. The molecule has 1 saturated carbocycles. The van der Waals surface area contributed by atoms with Crippen molar-refractivity contribution in [1.29, 1.82) is 0 Å². The molecule has 4 rings (SSSR count). The van der Waals surface area contributed by atoms with E-state index in [4.69, 9.17) is 11.6 Å². The summed E-state index contributed by atoms with van der Waals surface area (Å²) in [5, 5.41) is 0.674. The van der Waals surface area contributed by atoms with E-state index >= 15 is 0 Å². The number of hydrogen-bond donors (Lipinski definition) is 0. The van der Waals surface area contributed by atoms with Crippen molar-refractivity contribution in [2.45, 2.75) is 18.9 Å². The second-order valence-electron chi connectivity index (χ2n) is 3.98. The predicted octanol–water partition coefficient (Wildman–Crippen LogP) is 2.47. The van der Waals surface area contributed by atoms with Crippen molar-refractivity contribution in [3.05, 3.63) is 29.3 Å². The van der Waals surface area contributed by atoms with Crippen LogP contribution in [0.25, 0.3) is 0 Å². The topological polar surface area (TPSA) is 20.3 Å². The van der Waals surface area contributed by atoms with Crippen LogP contribution in [0.5, 0.6) is 0 Å². The van der Waals surface area contributed by atoms with Crippen LogP contribution in [-0.4, -0.2) is 11.9 Å². The number of anilines is 1. The third-order valence-corrected chi connectivity index (χ3v) is 3.50. The Kier molecular flexibility index (Phi) is 1.62. The maximum absolute atomic E-state index is 11.8. The Bertz CT molecular complexity index is 398. The predicted molar refractivity (Wildman–Crippen MR) is 55.5 cm³/mol. The lowest BCUT2D eigenvalue weighted by Gasteiger charge is -2.25. The van der Waals surface area contributed by atoms with Gasteiger partial charge in [-0.3, -0.25) is 4.79 Å². The van der Waals surface area contributed by atoms with Gasteiger partial charge in [-0.15, -0.1) is 0 Å². The van der Waals surface area contributed by atoms with E-state index in [1.807, 2.05) is 29.2 Å². The van der Waals surface area contributed by atoms with Crippen molar-refractivity contribution in [3.8, 4) is 0 Å². The summed E-state index contributed by atoms with van der Waals surface area (Å²) < 4.78 is 0. The number of nitrogens with zero attached hydrogens (tertiary/aromatic N) is 1. The number of carbonyl (C=O) groups excluding carboxylic acids is 1. The fourth-order valence-electron chi connectivity index (χ4n) is 2.34. The molecule has 1 aromatic carbocycles. The minimum atomic E-state index is 0.253. The van der Waals surface area contributed by atoms with Gasteiger partial charge in [0.15, 0.2) is 0 Å². The molecule has 3 aliphatic rings. The molecule has 72 valence electrons. The van der Waals surface area contributed by atoms with E-state index in [0.29, 0.717) is 11.1 Å². The highest BCUT2D eigenvalue weighted by Crippen LogP contribution is 2.45. The van der Waals surface area contributed by atoms with Crippen LogP contribution in [0.2, 0.25) is 5.02 Å². The number of fused-ring (bicyclic) bond motifs is 1. The molecule has 0 unspecified atom stereocenters. The standard InChI is InChI=1S/C11H10ClNO/c12-9-3-1-2-4-10(9)13-8-5-7(6-8)11(13)14/h1-4,7-8H,5-6H2. The first-order chi connectivity index (χ1) is 6.77. The summed E-state index contributed by atoms with van der Waals surface area (Å²) in [6.45, 7) is 0. The number of benzene rings is 1. The van der Waals surface area contributed by atoms with Crippen LogP contribution in [0, 0.1) is 5.92 Å². The second-order valence-corrected chi connectivity index (χ2v) is 4.39. The van der Waals surface area contributed by atoms with E-state index in [2.05, 4.69) is 0 Å². The quantitative estimate of drug-likeness (QED) is 0.693. The van der Waals surface area contributed by atoms with Gasteiger partial charge >= 0.3 is 0 Å². The molecule has 2 heterocycles. The van der Waals surface area contributed by atoms with Crippen LogP contribution in [0.15, 0.2) is 24.3 Å². The van der Waals surface area contributed by atoms with Crippen molar-refractivity contribution in [2.24, 2.45) is 5.92 Å². The van der Waals surface area contributed by atoms with Gasteiger partial charge in [-0.25, -0.2) is 0 Å². The zero-order chi connectivity index (χ0) is 9.71. The lowest BCUT2D eigenvalue weighted by atomic mass is 9.86. The lowest BCUT2D eigenvalue weighted by molar-refractivity contribution is -0.119. The number of hydrogen-bond acceptors (Lipinski definition) is 1. The minimum Gasteiger partial charge on any atom is -0.308 e. The number of rotatable bonds is 1. The Morgan fingerprint density at radius 2 is 2.00 bits per heavy atom. The first-order valence-corrected chi connectivity index (χ1v) is 5.23. The molecular weight excluding hydrogens is 198 g/mol. The molecule has 2 aliphatic heterocycles. The molecule has 2 bridgehead atoms. The third kappa shape index (κ3) is 0.947. The minimum absolute atomic E-state index is 0.253. The van der Waals surface area contributed by atoms with Gasteiger partial charge in [0.05, 0.1) is 10.7 Å². The van der Waals surface area contributed by atoms with Crippen molar-refractivity contribution in [2.75, 3.05) is 4.90 Å². The van der Waals surface area contributed by atoms with Gasteiger partial charge < -0.3 is 4.90 Å². The highest BCUT2D eigenvalue weighted by Gasteiger charge is 2.50. The Labute approximate surface area is 87.5 Å². The SMILES string of the molecule is O=C1C2CC(C2)N1c1ccccc1Cl. The summed E-state index contributed by atoms with van der Waals surface area (Å²) in [7, 11) is 0. The summed E-state index contributed by atoms with van der Waals surface area (Å²) in [6.07, 6.45) is 2.04. The Balaban J connectivity index is 2.04. The first kappa shape index (κ1) is 8.30. The van der Waals surface area contributed by atoms with E-state index in [9.17, 15) is 4.79 Å². The van der Waals surface area contributed by atoms with Gasteiger partial charge in [-0.2, -0.15) is 0 Å². The molecule has 0 spiro atoms. The molecule has 2 saturated heterocycles. The summed E-state index contributed by atoms with van der Waals surface area (Å²) in [5.74, 6) is 0.527. The van der Waals surface area contributed by atoms with Crippen LogP contribution in [0.1, 0.15) is 12.8 Å². The molecule has 14 heavy (non-hydrogen) atoms. The molecule has 0 aromatic heterocycles. The Morgan fingerprint density at radius 1 is 1.29 bits per heavy atom. The van der Waals surface area contributed by atoms with E-state index in [0.717, 1.165) is 18.5 Å². The molecule has 3 heteroatoms. The smallest absolute Gasteiger partial charge is 0.230 e. The maximum atomic E-state index is 11.8. The van der Waals surface area contributed by atoms with Gasteiger partial charge in [0, 0.05) is 12.0 Å². The zero-order valence-electron chi connectivity index (χ0n) is 7.61. The number of halogens is 1. The highest BCUT2D eigenvalue weighted by molar-refractivity contribution is 6.34. The summed E-state index contributed by atoms with van der Waals surface area (Å²) >= 11 is 6.06. The van der Waals surface area contributed by atoms with Crippen molar-refractivity contribution >= 4 is 23.2 Å². The third-order valence-electron chi connectivity index (χ3n) is 3.18. The highest BCUT2D eigenvalue weighted by atomic mass is 35.5. The number of para-hydroxylation sites is 1. The monoisotopic (exact) mass is 207 g/mol. The molecule has 0 radical (unpaired) electrons. The number of amides is 1. The molecule has 1 amide bonds. The molecule has 3 fully saturated rings. The van der Waals surface area contributed by atoms with E-state index in [1.54, 1.807) is 0 Å². The fraction of sp³-hybridized carbons (Fsp3) is 0.364. The Morgan fingerprint density at radius 3 is 2.57 bits per heavy atom. The van der Waals surface area contributed by atoms with E-state index < -0.39 is 0 Å². The zero-order valence-corrected chi connectivity index (χ0v) is 8.37. The van der Waals surface area contributed by atoms with Crippen molar-refractivity contribution in [3.63, 3.8) is 0 Å². The second kappa shape index (κ2) is 2.74. The summed E-state index contributed by atoms with van der Waals surface area (Å²) in [4.78, 5) is 13.6. The lowest BCUT2D eigenvalue weighted by Crippen LogP contribution is -2.29. The van der Waals surface area contributed by atoms with E-state index in [-0.39, 0.29) is 11.8 Å². The molecular formula is C11H10ClNO. The molecule has 1 aliphatic carbocycles. The summed E-state index contributed by atoms with van der Waals surface area (Å²) in [5.41, 5.74) is 0.879. The average Bonchev–Trinajstić information content (AvgIpc) is 2.56. The fourth-order valence-corrected chi connectivity index (χ4v) is 2.57. The van der Waals surface area contributed by atoms with Crippen molar-refractivity contribution in [1.82, 2.24) is 0 Å². The van der Waals surface area contributed by atoms with Gasteiger partial charge in [0.1, 0.15) is 0 Å². The Hall–Kier alpha value is -1.02. The van der Waals surface area contributed by atoms with Crippen LogP contribution in [0.4, 0.5) is 5.69 Å². The normalized spacial score (nSPS) is 29.2. The van der Waals surface area contributed by atoms with Crippen LogP contribution in [0.3, 0.4) is 0 Å². The van der Waals surface area contributed by atoms with Gasteiger partial charge in [0.2, 0.25) is 5.91 Å². The van der Waals surface area contributed by atoms with Crippen LogP contribution < -0.4 is 4.90 Å². The largest absolute Gasteiger partial charge is 0.308 e. The summed E-state index contributed by atoms with van der Waals surface area (Å²) in [6, 6.07) is 7.97. The van der Waals surface area contributed by atoms with Crippen molar-refractivity contribution < 1.29 is 4.79 Å². The molecule has 2 nitrogen and oxygen atoms in total. The molecule has 1 aromatic rings. The average molecular weight is 208 g/mol. The molecule has 0 N–H and O–H groups in total.